The Bertz CT molecular complexity index is 2340. The third-order valence-electron chi connectivity index (χ3n) is 11.1. The number of carbonyl (C=O) groups excluding carboxylic acids is 4. The third kappa shape index (κ3) is 9.17. The molecule has 4 amide bonds. The number of ether oxygens (including phenoxy) is 2. The SMILES string of the molecule is COC(=O)N[C@@H](C(=O)N(C)C(C)(C)c1nc2ccc(C/C=C/Cc3ccc4nc(C(C)(C)N(C)C(=O)[C@H](NC(=O)OC)c5ccccc5)[nH]c4c3)cc2[nH]1)c1ccccc1. The highest BCUT2D eigenvalue weighted by atomic mass is 16.5. The molecule has 0 fully saturated rings. The maximum atomic E-state index is 13.9. The van der Waals surface area contributed by atoms with Crippen LogP contribution in [0, 0.1) is 0 Å². The summed E-state index contributed by atoms with van der Waals surface area (Å²) in [5, 5.41) is 5.34. The number of alkyl carbamates (subject to hydrolysis) is 2. The van der Waals surface area contributed by atoms with Crippen LogP contribution in [0.3, 0.4) is 0 Å². The van der Waals surface area contributed by atoms with Gasteiger partial charge in [0.25, 0.3) is 0 Å². The number of hydrogen-bond acceptors (Lipinski definition) is 8. The van der Waals surface area contributed by atoms with Crippen molar-refractivity contribution in [2.75, 3.05) is 28.3 Å². The number of allylic oxidation sites excluding steroid dienone is 2. The largest absolute Gasteiger partial charge is 0.453 e. The third-order valence-corrected chi connectivity index (χ3v) is 11.1. The van der Waals surface area contributed by atoms with Crippen molar-refractivity contribution in [1.82, 2.24) is 40.4 Å². The van der Waals surface area contributed by atoms with Gasteiger partial charge in [-0.3, -0.25) is 9.59 Å². The molecule has 0 aliphatic carbocycles. The number of H-pyrrole nitrogens is 2. The number of aromatic nitrogens is 4. The molecule has 6 rings (SSSR count). The maximum absolute atomic E-state index is 13.9. The van der Waals surface area contributed by atoms with E-state index in [1.807, 2.05) is 88.4 Å². The first-order valence-electron chi connectivity index (χ1n) is 19.6. The smallest absolute Gasteiger partial charge is 0.407 e. The molecule has 4 N–H and O–H groups in total. The minimum atomic E-state index is -0.946. The van der Waals surface area contributed by atoms with Gasteiger partial charge in [0.2, 0.25) is 11.8 Å². The average molecular weight is 813 g/mol. The van der Waals surface area contributed by atoms with Crippen molar-refractivity contribution in [2.45, 2.75) is 63.7 Å². The van der Waals surface area contributed by atoms with Crippen molar-refractivity contribution in [3.8, 4) is 0 Å². The molecule has 6 aromatic rings. The van der Waals surface area contributed by atoms with E-state index in [0.717, 1.165) is 33.2 Å². The minimum absolute atomic E-state index is 0.318. The predicted octanol–water partition coefficient (Wildman–Crippen LogP) is 7.36. The summed E-state index contributed by atoms with van der Waals surface area (Å²) in [5.41, 5.74) is 5.00. The fraction of sp³-hybridized carbons (Fsp3) is 0.304. The predicted molar refractivity (Wildman–Crippen MR) is 230 cm³/mol. The van der Waals surface area contributed by atoms with E-state index in [9.17, 15) is 19.2 Å². The van der Waals surface area contributed by atoms with Crippen LogP contribution in [0.15, 0.2) is 109 Å². The number of rotatable bonds is 14. The number of benzene rings is 4. The van der Waals surface area contributed by atoms with Crippen molar-refractivity contribution in [3.63, 3.8) is 0 Å². The van der Waals surface area contributed by atoms with Crippen molar-refractivity contribution >= 4 is 46.1 Å². The summed E-state index contributed by atoms with van der Waals surface area (Å²) in [5.74, 6) is 0.581. The summed E-state index contributed by atoms with van der Waals surface area (Å²) in [6.45, 7) is 7.62. The van der Waals surface area contributed by atoms with Crippen LogP contribution in [0.1, 0.15) is 73.7 Å². The number of hydrogen-bond donors (Lipinski definition) is 4. The number of nitrogens with zero attached hydrogens (tertiary/aromatic N) is 4. The number of amides is 4. The molecular weight excluding hydrogens is 761 g/mol. The normalized spacial score (nSPS) is 12.9. The summed E-state index contributed by atoms with van der Waals surface area (Å²) in [6, 6.07) is 28.4. The molecule has 60 heavy (non-hydrogen) atoms. The molecule has 14 nitrogen and oxygen atoms in total. The lowest BCUT2D eigenvalue weighted by molar-refractivity contribution is -0.138. The molecule has 14 heteroatoms. The molecular formula is C46H52N8O6. The summed E-state index contributed by atoms with van der Waals surface area (Å²) in [4.78, 5) is 71.8. The molecule has 0 unspecified atom stereocenters. The van der Waals surface area contributed by atoms with Gasteiger partial charge in [-0.05, 0) is 87.1 Å². The van der Waals surface area contributed by atoms with Crippen LogP contribution in [0.25, 0.3) is 22.1 Å². The zero-order chi connectivity index (χ0) is 43.2. The standard InChI is InChI=1S/C46H52N8O6/c1-45(2,53(5)39(55)37(51-43(57)59-7)31-19-11-9-12-20-31)41-47-33-25-23-29(27-35(33)49-41)17-15-16-18-30-24-26-34-36(28-30)50-42(48-34)46(3,4)54(6)40(56)38(52-44(58)60-8)32-21-13-10-14-22-32/h9-16,19-28,37-38H,17-18H2,1-8H3,(H,47,49)(H,48,50)(H,51,57)(H,52,58)/b16-15+/t37-,38-/m1/s1. The Morgan fingerprint density at radius 3 is 1.33 bits per heavy atom. The van der Waals surface area contributed by atoms with E-state index >= 15 is 0 Å². The van der Waals surface area contributed by atoms with E-state index in [2.05, 4.69) is 44.9 Å². The van der Waals surface area contributed by atoms with Gasteiger partial charge in [-0.2, -0.15) is 0 Å². The van der Waals surface area contributed by atoms with Crippen LogP contribution in [0.2, 0.25) is 0 Å². The van der Waals surface area contributed by atoms with E-state index < -0.39 is 35.3 Å². The Kier molecular flexibility index (Phi) is 12.7. The fourth-order valence-corrected chi connectivity index (χ4v) is 6.86. The van der Waals surface area contributed by atoms with Gasteiger partial charge in [0, 0.05) is 14.1 Å². The Morgan fingerprint density at radius 1 is 0.617 bits per heavy atom. The van der Waals surface area contributed by atoms with Gasteiger partial charge in [0.05, 0.1) is 47.4 Å². The fourth-order valence-electron chi connectivity index (χ4n) is 6.86. The van der Waals surface area contributed by atoms with E-state index in [1.165, 1.54) is 14.2 Å². The Morgan fingerprint density at radius 2 is 0.983 bits per heavy atom. The van der Waals surface area contributed by atoms with Crippen LogP contribution in [0.5, 0.6) is 0 Å². The van der Waals surface area contributed by atoms with E-state index in [-0.39, 0.29) is 11.8 Å². The quantitative estimate of drug-likeness (QED) is 0.0826. The number of imidazole rings is 2. The van der Waals surface area contributed by atoms with Gasteiger partial charge in [-0.15, -0.1) is 0 Å². The number of carbonyl (C=O) groups is 4. The molecule has 0 radical (unpaired) electrons. The summed E-state index contributed by atoms with van der Waals surface area (Å²) < 4.78 is 9.61. The van der Waals surface area contributed by atoms with Crippen LogP contribution < -0.4 is 10.6 Å². The van der Waals surface area contributed by atoms with Crippen molar-refractivity contribution in [2.24, 2.45) is 0 Å². The molecule has 4 aromatic carbocycles. The first-order valence-corrected chi connectivity index (χ1v) is 19.6. The van der Waals surface area contributed by atoms with Gasteiger partial charge in [0.1, 0.15) is 23.7 Å². The van der Waals surface area contributed by atoms with E-state index in [4.69, 9.17) is 19.4 Å². The maximum Gasteiger partial charge on any atom is 0.407 e. The average Bonchev–Trinajstić information content (AvgIpc) is 3.91. The van der Waals surface area contributed by atoms with Crippen LogP contribution in [-0.2, 0) is 43.0 Å². The number of methoxy groups -OCH3 is 2. The number of likely N-dealkylation sites (N-methyl/N-ethyl adjacent to an activating group) is 2. The zero-order valence-electron chi connectivity index (χ0n) is 35.2. The minimum Gasteiger partial charge on any atom is -0.453 e. The second-order valence-corrected chi connectivity index (χ2v) is 15.6. The Hall–Kier alpha value is -6.96. The first kappa shape index (κ1) is 42.6. The number of fused-ring (bicyclic) bond motifs is 2. The summed E-state index contributed by atoms with van der Waals surface area (Å²) in [6.07, 6.45) is 4.25. The van der Waals surface area contributed by atoms with Gasteiger partial charge < -0.3 is 39.9 Å². The molecule has 0 saturated heterocycles. The van der Waals surface area contributed by atoms with Crippen molar-refractivity contribution < 1.29 is 28.7 Å². The molecule has 2 atom stereocenters. The first-order chi connectivity index (χ1) is 28.6. The van der Waals surface area contributed by atoms with Crippen LogP contribution >= 0.6 is 0 Å². The van der Waals surface area contributed by atoms with Gasteiger partial charge >= 0.3 is 12.2 Å². The highest BCUT2D eigenvalue weighted by Gasteiger charge is 2.38. The van der Waals surface area contributed by atoms with E-state index in [0.29, 0.717) is 35.6 Å². The van der Waals surface area contributed by atoms with Crippen molar-refractivity contribution in [3.05, 3.63) is 143 Å². The molecule has 0 bridgehead atoms. The molecule has 0 saturated carbocycles. The van der Waals surface area contributed by atoms with Crippen LogP contribution in [-0.4, -0.2) is 82.1 Å². The van der Waals surface area contributed by atoms with Crippen LogP contribution in [0.4, 0.5) is 9.59 Å². The Balaban J connectivity index is 1.11. The molecule has 0 spiro atoms. The zero-order valence-corrected chi connectivity index (χ0v) is 35.2. The van der Waals surface area contributed by atoms with Gasteiger partial charge in [0.15, 0.2) is 0 Å². The summed E-state index contributed by atoms with van der Waals surface area (Å²) >= 11 is 0. The lowest BCUT2D eigenvalue weighted by Crippen LogP contribution is -2.49. The lowest BCUT2D eigenvalue weighted by atomic mass is 9.99. The molecule has 312 valence electrons. The topological polar surface area (TPSA) is 175 Å². The lowest BCUT2D eigenvalue weighted by Gasteiger charge is -2.36. The highest BCUT2D eigenvalue weighted by molar-refractivity contribution is 5.88. The monoisotopic (exact) mass is 812 g/mol. The molecule has 0 aliphatic rings. The molecule has 2 aromatic heterocycles. The molecule has 0 aliphatic heterocycles. The second-order valence-electron chi connectivity index (χ2n) is 15.6. The van der Waals surface area contributed by atoms with Gasteiger partial charge in [-0.25, -0.2) is 19.6 Å². The van der Waals surface area contributed by atoms with Gasteiger partial charge in [-0.1, -0.05) is 84.9 Å². The second kappa shape index (κ2) is 17.9. The Labute approximate surface area is 349 Å². The van der Waals surface area contributed by atoms with Crippen molar-refractivity contribution in [1.29, 1.82) is 0 Å². The summed E-state index contributed by atoms with van der Waals surface area (Å²) in [7, 11) is 5.92. The molecule has 2 heterocycles. The number of aromatic amines is 2. The highest BCUT2D eigenvalue weighted by Crippen LogP contribution is 2.31. The van der Waals surface area contributed by atoms with E-state index in [1.54, 1.807) is 48.2 Å². The number of nitrogens with one attached hydrogen (secondary N) is 4.